The number of aromatic nitrogens is 1. The molecule has 2 aliphatic heterocycles. The monoisotopic (exact) mass is 650 g/mol. The molecule has 0 aliphatic carbocycles. The second-order valence-corrected chi connectivity index (χ2v) is 14.8. The largest absolute Gasteiger partial charge is 0.355 e. The second kappa shape index (κ2) is 12.0. The first-order valence-electron chi connectivity index (χ1n) is 17.2. The van der Waals surface area contributed by atoms with Crippen LogP contribution in [0.2, 0.25) is 0 Å². The minimum absolute atomic E-state index is 0.0411. The van der Waals surface area contributed by atoms with E-state index in [4.69, 9.17) is 0 Å². The zero-order valence-corrected chi connectivity index (χ0v) is 28.8. The number of aromatic amines is 1. The van der Waals surface area contributed by atoms with Crippen molar-refractivity contribution in [3.63, 3.8) is 0 Å². The van der Waals surface area contributed by atoms with Gasteiger partial charge in [0.05, 0.1) is 6.04 Å². The number of hydrogen-bond acceptors (Lipinski definition) is 2. The molecule has 238 valence electrons. The summed E-state index contributed by atoms with van der Waals surface area (Å²) >= 11 is 1.93. The molecule has 2 N–H and O–H groups in total. The number of hydrogen-bond donors (Lipinski definition) is 2. The minimum Gasteiger partial charge on any atom is -0.355 e. The van der Waals surface area contributed by atoms with Gasteiger partial charge in [-0.3, -0.25) is 5.32 Å². The standard InChI is InChI=1S/C46H38N2S/c1-28-7-13-32(14-8-28)44-35-20-19-31-5-4-6-36(37(31)27-35)42-25-26-43(49-42)46(34-17-11-30(3)12-18-34)41-24-23-40(48-41)45(39-22-21-38(44)47-39)33-15-9-29(2)10-16-33/h4-27,40-41,46-48H,1-3H3/b44-38-,45-39-. The van der Waals surface area contributed by atoms with Crippen molar-refractivity contribution in [2.75, 3.05) is 0 Å². The van der Waals surface area contributed by atoms with Crippen LogP contribution in [-0.2, 0) is 0 Å². The number of benzene rings is 5. The molecule has 2 aliphatic rings. The summed E-state index contributed by atoms with van der Waals surface area (Å²) in [5, 5.41) is 8.87. The summed E-state index contributed by atoms with van der Waals surface area (Å²) in [5.74, 6) is 0.180. The number of aryl methyl sites for hydroxylation is 3. The summed E-state index contributed by atoms with van der Waals surface area (Å²) < 4.78 is 0. The number of nitrogens with one attached hydrogen (secondary N) is 2. The van der Waals surface area contributed by atoms with Gasteiger partial charge in [0.1, 0.15) is 0 Å². The summed E-state index contributed by atoms with van der Waals surface area (Å²) in [6, 6.07) is 50.2. The van der Waals surface area contributed by atoms with Crippen LogP contribution in [0.1, 0.15) is 49.7 Å². The Morgan fingerprint density at radius 2 is 1.24 bits per heavy atom. The number of fused-ring (bicyclic) bond motifs is 8. The summed E-state index contributed by atoms with van der Waals surface area (Å²) in [5.41, 5.74) is 12.5. The van der Waals surface area contributed by atoms with Crippen LogP contribution in [0.3, 0.4) is 0 Å². The topological polar surface area (TPSA) is 27.8 Å². The molecule has 49 heavy (non-hydrogen) atoms. The highest BCUT2D eigenvalue weighted by molar-refractivity contribution is 7.15. The maximum atomic E-state index is 4.10. The molecule has 4 heterocycles. The lowest BCUT2D eigenvalue weighted by Crippen LogP contribution is -2.38. The van der Waals surface area contributed by atoms with Gasteiger partial charge in [-0.15, -0.1) is 11.3 Å². The first kappa shape index (κ1) is 29.9. The van der Waals surface area contributed by atoms with Crippen molar-refractivity contribution < 1.29 is 0 Å². The van der Waals surface area contributed by atoms with E-state index >= 15 is 0 Å². The molecule has 0 radical (unpaired) electrons. The Kier molecular flexibility index (Phi) is 7.34. The highest BCUT2D eigenvalue weighted by atomic mass is 32.1. The smallest absolute Gasteiger partial charge is 0.0538 e. The molecule has 0 saturated heterocycles. The van der Waals surface area contributed by atoms with E-state index in [2.05, 4.69) is 177 Å². The molecule has 0 spiro atoms. The summed E-state index contributed by atoms with van der Waals surface area (Å²) in [6.07, 6.45) is 4.78. The van der Waals surface area contributed by atoms with E-state index < -0.39 is 0 Å². The molecule has 7 aromatic rings. The van der Waals surface area contributed by atoms with Crippen LogP contribution in [0.25, 0.3) is 32.4 Å². The average Bonchev–Trinajstić information content (AvgIpc) is 3.90. The Balaban J connectivity index is 1.36. The lowest BCUT2D eigenvalue weighted by molar-refractivity contribution is 0.573. The van der Waals surface area contributed by atoms with Crippen molar-refractivity contribution in [2.24, 2.45) is 0 Å². The van der Waals surface area contributed by atoms with E-state index in [1.807, 2.05) is 11.3 Å². The fourth-order valence-electron chi connectivity index (χ4n) is 7.70. The van der Waals surface area contributed by atoms with E-state index in [9.17, 15) is 0 Å². The molecule has 3 atom stereocenters. The van der Waals surface area contributed by atoms with Crippen molar-refractivity contribution in [1.29, 1.82) is 0 Å². The van der Waals surface area contributed by atoms with E-state index in [-0.39, 0.29) is 18.0 Å². The van der Waals surface area contributed by atoms with Crippen LogP contribution in [-0.4, -0.2) is 17.1 Å². The first-order chi connectivity index (χ1) is 24.0. The molecular formula is C46H38N2S. The van der Waals surface area contributed by atoms with Crippen LogP contribution < -0.4 is 16.0 Å². The van der Waals surface area contributed by atoms with E-state index in [0.717, 1.165) is 10.7 Å². The van der Waals surface area contributed by atoms with Crippen LogP contribution >= 0.6 is 11.3 Å². The quantitative estimate of drug-likeness (QED) is 0.183. The molecule has 0 fully saturated rings. The maximum Gasteiger partial charge on any atom is 0.0538 e. The summed E-state index contributed by atoms with van der Waals surface area (Å²) in [6.45, 7) is 6.47. The van der Waals surface area contributed by atoms with Gasteiger partial charge in [0.15, 0.2) is 0 Å². The first-order valence-corrected chi connectivity index (χ1v) is 18.0. The van der Waals surface area contributed by atoms with Crippen LogP contribution in [0.5, 0.6) is 0 Å². The zero-order valence-electron chi connectivity index (χ0n) is 28.0. The SMILES string of the molecule is Cc1ccc(/C2=c3\cc/c([nH]3)=C(\c3ccc(C)cc3)C3C=CC(N3)C(c3ccc(C)cc3)c3ccc(s3)-c3cccc4ccc2cc34)cc1. The van der Waals surface area contributed by atoms with Gasteiger partial charge in [0.25, 0.3) is 0 Å². The third-order valence-electron chi connectivity index (χ3n) is 10.3. The van der Waals surface area contributed by atoms with E-state index in [0.29, 0.717) is 0 Å². The predicted molar refractivity (Wildman–Crippen MR) is 207 cm³/mol. The van der Waals surface area contributed by atoms with Crippen molar-refractivity contribution in [2.45, 2.75) is 38.8 Å². The van der Waals surface area contributed by atoms with Crippen LogP contribution in [0.15, 0.2) is 146 Å². The Morgan fingerprint density at radius 3 is 2.00 bits per heavy atom. The molecule has 0 saturated carbocycles. The van der Waals surface area contributed by atoms with Gasteiger partial charge in [-0.25, -0.2) is 0 Å². The highest BCUT2D eigenvalue weighted by Crippen LogP contribution is 2.41. The van der Waals surface area contributed by atoms with Gasteiger partial charge in [-0.1, -0.05) is 132 Å². The predicted octanol–water partition coefficient (Wildman–Crippen LogP) is 9.31. The summed E-state index contributed by atoms with van der Waals surface area (Å²) in [7, 11) is 0. The van der Waals surface area contributed by atoms with Gasteiger partial charge < -0.3 is 4.98 Å². The molecule has 0 amide bonds. The second-order valence-electron chi connectivity index (χ2n) is 13.7. The van der Waals surface area contributed by atoms with Crippen LogP contribution in [0.4, 0.5) is 0 Å². The summed E-state index contributed by atoms with van der Waals surface area (Å²) in [4.78, 5) is 6.61. The normalized spacial score (nSPS) is 20.7. The van der Waals surface area contributed by atoms with Gasteiger partial charge >= 0.3 is 0 Å². The van der Waals surface area contributed by atoms with E-state index in [1.54, 1.807) is 0 Å². The molecule has 2 aromatic heterocycles. The van der Waals surface area contributed by atoms with Gasteiger partial charge in [-0.05, 0) is 89.7 Å². The highest BCUT2D eigenvalue weighted by Gasteiger charge is 2.32. The fourth-order valence-corrected chi connectivity index (χ4v) is 8.92. The lowest BCUT2D eigenvalue weighted by atomic mass is 9.90. The van der Waals surface area contributed by atoms with E-state index in [1.165, 1.54) is 76.2 Å². The molecule has 8 bridgehead atoms. The number of rotatable bonds is 3. The molecule has 3 unspecified atom stereocenters. The average molecular weight is 651 g/mol. The Bertz CT molecular complexity index is 2490. The zero-order chi connectivity index (χ0) is 33.1. The van der Waals surface area contributed by atoms with Gasteiger partial charge in [-0.2, -0.15) is 0 Å². The van der Waals surface area contributed by atoms with Crippen molar-refractivity contribution in [3.05, 3.63) is 200 Å². The third-order valence-corrected chi connectivity index (χ3v) is 11.5. The van der Waals surface area contributed by atoms with Gasteiger partial charge in [0, 0.05) is 43.6 Å². The third kappa shape index (κ3) is 5.40. The maximum absolute atomic E-state index is 4.10. The number of H-pyrrole nitrogens is 1. The molecule has 5 aromatic carbocycles. The van der Waals surface area contributed by atoms with Crippen molar-refractivity contribution >= 4 is 33.3 Å². The fraction of sp³-hybridized carbons (Fsp3) is 0.130. The molecule has 3 heteroatoms. The lowest BCUT2D eigenvalue weighted by Gasteiger charge is -2.26. The van der Waals surface area contributed by atoms with Crippen LogP contribution in [0, 0.1) is 20.8 Å². The Labute approximate surface area is 291 Å². The Morgan fingerprint density at radius 1 is 0.571 bits per heavy atom. The molecular weight excluding hydrogens is 613 g/mol. The minimum atomic E-state index is 0.0411. The molecule has 9 rings (SSSR count). The number of thiophene rings is 1. The molecule has 2 nitrogen and oxygen atoms in total. The van der Waals surface area contributed by atoms with Crippen molar-refractivity contribution in [3.8, 4) is 10.4 Å². The van der Waals surface area contributed by atoms with Crippen molar-refractivity contribution in [1.82, 2.24) is 10.3 Å². The Hall–Kier alpha value is -5.22. The van der Waals surface area contributed by atoms with Gasteiger partial charge in [0.2, 0.25) is 0 Å².